The molecule has 0 aliphatic rings. The Morgan fingerprint density at radius 3 is 2.19 bits per heavy atom. The molecule has 9 heteroatoms. The van der Waals surface area contributed by atoms with Crippen LogP contribution in [0.15, 0.2) is 65.2 Å². The molecule has 1 atom stereocenters. The summed E-state index contributed by atoms with van der Waals surface area (Å²) in [6.07, 6.45) is -1.84. The normalized spacial score (nSPS) is 11.6. The van der Waals surface area contributed by atoms with E-state index in [1.807, 2.05) is 54.6 Å². The van der Waals surface area contributed by atoms with Gasteiger partial charge in [-0.1, -0.05) is 59.8 Å². The van der Waals surface area contributed by atoms with Crippen molar-refractivity contribution in [1.29, 1.82) is 0 Å². The molecular weight excluding hydrogens is 404 g/mol. The van der Waals surface area contributed by atoms with Crippen molar-refractivity contribution >= 4 is 17.8 Å². The van der Waals surface area contributed by atoms with Crippen LogP contribution in [0.5, 0.6) is 0 Å². The van der Waals surface area contributed by atoms with Gasteiger partial charge in [-0.2, -0.15) is 0 Å². The number of aromatic carboxylic acids is 1. The fraction of sp³-hybridized carbons (Fsp3) is 0.182. The van der Waals surface area contributed by atoms with Gasteiger partial charge in [-0.25, -0.2) is 9.59 Å². The zero-order valence-electron chi connectivity index (χ0n) is 16.3. The van der Waals surface area contributed by atoms with Gasteiger partial charge in [-0.3, -0.25) is 4.79 Å². The van der Waals surface area contributed by atoms with Crippen LogP contribution in [0, 0.1) is 0 Å². The molecule has 0 spiro atoms. The van der Waals surface area contributed by atoms with Gasteiger partial charge < -0.3 is 24.7 Å². The second kappa shape index (κ2) is 9.68. The van der Waals surface area contributed by atoms with Gasteiger partial charge in [-0.05, 0) is 16.7 Å². The lowest BCUT2D eigenvalue weighted by Crippen LogP contribution is -2.34. The third-order valence-electron chi connectivity index (χ3n) is 4.62. The molecule has 0 radical (unpaired) electrons. The first kappa shape index (κ1) is 21.7. The van der Waals surface area contributed by atoms with Crippen molar-refractivity contribution in [2.24, 2.45) is 0 Å². The number of carbonyl (C=O) groups excluding carboxylic acids is 1. The van der Waals surface area contributed by atoms with E-state index in [4.69, 9.17) is 14.7 Å². The maximum absolute atomic E-state index is 12.8. The van der Waals surface area contributed by atoms with Crippen LogP contribution < -0.4 is 0 Å². The zero-order valence-corrected chi connectivity index (χ0v) is 16.3. The number of carboxylic acids is 2. The highest BCUT2D eigenvalue weighted by Crippen LogP contribution is 2.20. The third-order valence-corrected chi connectivity index (χ3v) is 4.62. The Balaban J connectivity index is 1.79. The summed E-state index contributed by atoms with van der Waals surface area (Å²) in [5.41, 5.74) is 2.37. The number of carbonyl (C=O) groups is 3. The topological polar surface area (TPSA) is 141 Å². The predicted octanol–water partition coefficient (Wildman–Crippen LogP) is 2.52. The van der Waals surface area contributed by atoms with Crippen LogP contribution in [-0.4, -0.2) is 55.9 Å². The molecule has 31 heavy (non-hydrogen) atoms. The number of hydrogen-bond acceptors (Lipinski definition) is 6. The van der Waals surface area contributed by atoms with Crippen LogP contribution in [0.4, 0.5) is 0 Å². The Kier molecular flexibility index (Phi) is 6.78. The molecule has 3 rings (SSSR count). The van der Waals surface area contributed by atoms with Gasteiger partial charge in [0.05, 0.1) is 0 Å². The number of nitrogens with zero attached hydrogens (tertiary/aromatic N) is 2. The SMILES string of the molecule is O=C(O)c1cc(C(=O)N(CC[C@@H](O)C(=O)O)Cc2ccc(-c3ccccc3)cc2)on1. The fourth-order valence-electron chi connectivity index (χ4n) is 2.94. The van der Waals surface area contributed by atoms with Crippen molar-refractivity contribution < 1.29 is 34.2 Å². The monoisotopic (exact) mass is 424 g/mol. The van der Waals surface area contributed by atoms with Crippen LogP contribution in [-0.2, 0) is 11.3 Å². The van der Waals surface area contributed by atoms with Gasteiger partial charge >= 0.3 is 11.9 Å². The van der Waals surface area contributed by atoms with Crippen LogP contribution >= 0.6 is 0 Å². The first-order valence-electron chi connectivity index (χ1n) is 9.39. The Morgan fingerprint density at radius 1 is 0.968 bits per heavy atom. The van der Waals surface area contributed by atoms with E-state index < -0.39 is 29.6 Å². The van der Waals surface area contributed by atoms with Crippen molar-refractivity contribution in [3.63, 3.8) is 0 Å². The second-order valence-corrected chi connectivity index (χ2v) is 6.81. The zero-order chi connectivity index (χ0) is 22.4. The number of rotatable bonds is 9. The first-order chi connectivity index (χ1) is 14.8. The van der Waals surface area contributed by atoms with Gasteiger partial charge in [0, 0.05) is 25.6 Å². The standard InChI is InChI=1S/C22H20N2O7/c25-18(22(29)30)10-11-24(20(26)19-12-17(21(27)28)23-31-19)13-14-6-8-16(9-7-14)15-4-2-1-3-5-15/h1-9,12,18,25H,10-11,13H2,(H,27,28)(H,29,30)/t18-/m1/s1. The van der Waals surface area contributed by atoms with Crippen LogP contribution in [0.1, 0.15) is 33.0 Å². The summed E-state index contributed by atoms with van der Waals surface area (Å²) in [6, 6.07) is 18.2. The number of aliphatic hydroxyl groups excluding tert-OH is 1. The molecule has 0 aliphatic heterocycles. The molecule has 1 aromatic heterocycles. The lowest BCUT2D eigenvalue weighted by atomic mass is 10.0. The maximum Gasteiger partial charge on any atom is 0.358 e. The Morgan fingerprint density at radius 2 is 1.61 bits per heavy atom. The second-order valence-electron chi connectivity index (χ2n) is 6.81. The molecule has 1 amide bonds. The molecule has 3 N–H and O–H groups in total. The Labute approximate surface area is 177 Å². The van der Waals surface area contributed by atoms with Crippen molar-refractivity contribution in [1.82, 2.24) is 10.1 Å². The number of benzene rings is 2. The minimum atomic E-state index is -1.64. The molecule has 9 nitrogen and oxygen atoms in total. The number of aliphatic hydroxyl groups is 1. The van der Waals surface area contributed by atoms with E-state index in [0.717, 1.165) is 22.8 Å². The van der Waals surface area contributed by atoms with Gasteiger partial charge in [0.2, 0.25) is 5.76 Å². The lowest BCUT2D eigenvalue weighted by molar-refractivity contribution is -0.147. The molecular formula is C22H20N2O7. The van der Waals surface area contributed by atoms with Crippen LogP contribution in [0.2, 0.25) is 0 Å². The molecule has 0 saturated heterocycles. The van der Waals surface area contributed by atoms with E-state index in [9.17, 15) is 19.5 Å². The van der Waals surface area contributed by atoms with Gasteiger partial charge in [0.15, 0.2) is 11.8 Å². The van der Waals surface area contributed by atoms with E-state index in [1.54, 1.807) is 0 Å². The summed E-state index contributed by atoms with van der Waals surface area (Å²) in [5.74, 6) is -3.69. The fourth-order valence-corrected chi connectivity index (χ4v) is 2.94. The minimum absolute atomic E-state index is 0.0875. The van der Waals surface area contributed by atoms with Crippen molar-refractivity contribution in [2.75, 3.05) is 6.54 Å². The Bertz CT molecular complexity index is 1060. The average molecular weight is 424 g/mol. The number of carboxylic acid groups (broad SMARTS) is 2. The van der Waals surface area contributed by atoms with Gasteiger partial charge in [0.1, 0.15) is 0 Å². The lowest BCUT2D eigenvalue weighted by Gasteiger charge is -2.22. The van der Waals surface area contributed by atoms with E-state index >= 15 is 0 Å². The molecule has 0 unspecified atom stereocenters. The molecule has 0 bridgehead atoms. The van der Waals surface area contributed by atoms with Crippen LogP contribution in [0.3, 0.4) is 0 Å². The van der Waals surface area contributed by atoms with Crippen molar-refractivity contribution in [3.8, 4) is 11.1 Å². The molecule has 3 aromatic rings. The quantitative estimate of drug-likeness (QED) is 0.476. The van der Waals surface area contributed by atoms with Gasteiger partial charge in [0.25, 0.3) is 5.91 Å². The first-order valence-corrected chi connectivity index (χ1v) is 9.39. The molecule has 0 saturated carbocycles. The molecule has 0 aliphatic carbocycles. The van der Waals surface area contributed by atoms with E-state index in [0.29, 0.717) is 0 Å². The Hall–Kier alpha value is -3.98. The highest BCUT2D eigenvalue weighted by Gasteiger charge is 2.24. The third kappa shape index (κ3) is 5.55. The van der Waals surface area contributed by atoms with Crippen molar-refractivity contribution in [3.05, 3.63) is 77.7 Å². The summed E-state index contributed by atoms with van der Waals surface area (Å²) < 4.78 is 4.84. The minimum Gasteiger partial charge on any atom is -0.479 e. The summed E-state index contributed by atoms with van der Waals surface area (Å²) in [7, 11) is 0. The number of hydrogen-bond donors (Lipinski definition) is 3. The highest BCUT2D eigenvalue weighted by atomic mass is 16.5. The number of aliphatic carboxylic acids is 1. The summed E-state index contributed by atoms with van der Waals surface area (Å²) in [4.78, 5) is 36.0. The van der Waals surface area contributed by atoms with Gasteiger partial charge in [-0.15, -0.1) is 0 Å². The molecule has 160 valence electrons. The molecule has 0 fully saturated rings. The number of aromatic nitrogens is 1. The molecule has 1 heterocycles. The van der Waals surface area contributed by atoms with E-state index in [-0.39, 0.29) is 25.3 Å². The van der Waals surface area contributed by atoms with E-state index in [2.05, 4.69) is 5.16 Å². The predicted molar refractivity (Wildman–Crippen MR) is 108 cm³/mol. The maximum atomic E-state index is 12.8. The average Bonchev–Trinajstić information content (AvgIpc) is 3.27. The summed E-state index contributed by atoms with van der Waals surface area (Å²) >= 11 is 0. The highest BCUT2D eigenvalue weighted by molar-refractivity contribution is 5.94. The smallest absolute Gasteiger partial charge is 0.358 e. The summed E-state index contributed by atoms with van der Waals surface area (Å²) in [5, 5.41) is 30.8. The molecule has 2 aromatic carbocycles. The number of amides is 1. The van der Waals surface area contributed by atoms with E-state index in [1.165, 1.54) is 4.90 Å². The largest absolute Gasteiger partial charge is 0.479 e. The van der Waals surface area contributed by atoms with Crippen LogP contribution in [0.25, 0.3) is 11.1 Å². The van der Waals surface area contributed by atoms with Crippen molar-refractivity contribution in [2.45, 2.75) is 19.1 Å². The summed E-state index contributed by atoms with van der Waals surface area (Å²) in [6.45, 7) is 0.0131.